The average molecular weight is 243 g/mol. The molecule has 0 spiro atoms. The van der Waals surface area contributed by atoms with Crippen molar-refractivity contribution >= 4 is 10.8 Å². The van der Waals surface area contributed by atoms with Gasteiger partial charge in [0.1, 0.15) is 0 Å². The maximum Gasteiger partial charge on any atom is 0.0638 e. The van der Waals surface area contributed by atoms with Crippen molar-refractivity contribution in [2.24, 2.45) is 7.05 Å². The third-order valence-electron chi connectivity index (χ3n) is 2.72. The highest BCUT2D eigenvalue weighted by molar-refractivity contribution is 7.84. The fourth-order valence-corrected chi connectivity index (χ4v) is 1.97. The predicted molar refractivity (Wildman–Crippen MR) is 67.8 cm³/mol. The van der Waals surface area contributed by atoms with Crippen LogP contribution in [-0.2, 0) is 24.4 Å². The third kappa shape index (κ3) is 4.06. The molecule has 1 rings (SSSR count). The maximum absolute atomic E-state index is 11.1. The van der Waals surface area contributed by atoms with Gasteiger partial charge in [-0.2, -0.15) is 5.10 Å². The van der Waals surface area contributed by atoms with Crippen molar-refractivity contribution in [2.75, 3.05) is 12.8 Å². The fourth-order valence-electron chi connectivity index (χ4n) is 1.52. The third-order valence-corrected chi connectivity index (χ3v) is 4.09. The van der Waals surface area contributed by atoms with Gasteiger partial charge in [0.2, 0.25) is 0 Å². The van der Waals surface area contributed by atoms with Crippen LogP contribution in [0, 0.1) is 6.92 Å². The number of nitrogens with zero attached hydrogens (tertiary/aromatic N) is 2. The lowest BCUT2D eigenvalue weighted by molar-refractivity contribution is 0.628. The molecule has 0 aliphatic heterocycles. The molecule has 2 unspecified atom stereocenters. The molecular formula is C11H21N3OS. The normalized spacial score (nSPS) is 15.0. The van der Waals surface area contributed by atoms with Gasteiger partial charge in [-0.15, -0.1) is 0 Å². The first-order valence-corrected chi connectivity index (χ1v) is 7.15. The molecule has 0 fully saturated rings. The number of hydrogen-bond acceptors (Lipinski definition) is 3. The van der Waals surface area contributed by atoms with E-state index < -0.39 is 10.8 Å². The molecule has 0 radical (unpaired) electrons. The van der Waals surface area contributed by atoms with Crippen molar-refractivity contribution in [3.05, 3.63) is 17.5 Å². The first-order chi connectivity index (χ1) is 7.50. The largest absolute Gasteiger partial charge is 0.313 e. The van der Waals surface area contributed by atoms with E-state index in [9.17, 15) is 4.21 Å². The second kappa shape index (κ2) is 6.15. The van der Waals surface area contributed by atoms with Crippen molar-refractivity contribution in [1.29, 1.82) is 0 Å². The zero-order chi connectivity index (χ0) is 12.1. The Kier molecular flexibility index (Phi) is 5.15. The summed E-state index contributed by atoms with van der Waals surface area (Å²) in [7, 11) is 1.21. The van der Waals surface area contributed by atoms with E-state index in [-0.39, 0.29) is 5.25 Å². The van der Waals surface area contributed by atoms with Crippen LogP contribution >= 0.6 is 0 Å². The first kappa shape index (κ1) is 13.4. The van der Waals surface area contributed by atoms with Crippen molar-refractivity contribution in [3.63, 3.8) is 0 Å². The minimum Gasteiger partial charge on any atom is -0.313 e. The van der Waals surface area contributed by atoms with Gasteiger partial charge >= 0.3 is 0 Å². The van der Waals surface area contributed by atoms with Crippen LogP contribution in [0.25, 0.3) is 0 Å². The molecular weight excluding hydrogens is 222 g/mol. The van der Waals surface area contributed by atoms with Crippen LogP contribution in [0.15, 0.2) is 6.20 Å². The highest BCUT2D eigenvalue weighted by Crippen LogP contribution is 2.04. The molecule has 1 aromatic heterocycles. The van der Waals surface area contributed by atoms with Crippen LogP contribution in [0.5, 0.6) is 0 Å². The van der Waals surface area contributed by atoms with Crippen LogP contribution in [0.1, 0.15) is 24.6 Å². The Labute approximate surface area is 99.9 Å². The molecule has 0 aliphatic rings. The summed E-state index contributed by atoms with van der Waals surface area (Å²) in [6.07, 6.45) is 4.74. The van der Waals surface area contributed by atoms with Gasteiger partial charge in [-0.3, -0.25) is 8.89 Å². The SMILES string of the molecule is Cc1nn(C)cc1CNCCC(C)S(C)=O. The Balaban J connectivity index is 2.26. The summed E-state index contributed by atoms with van der Waals surface area (Å²) in [5.74, 6) is 0. The number of nitrogens with one attached hydrogen (secondary N) is 1. The van der Waals surface area contributed by atoms with Gasteiger partial charge in [-0.1, -0.05) is 6.92 Å². The van der Waals surface area contributed by atoms with Crippen LogP contribution < -0.4 is 5.32 Å². The summed E-state index contributed by atoms with van der Waals surface area (Å²) in [4.78, 5) is 0. The monoisotopic (exact) mass is 243 g/mol. The molecule has 1 N–H and O–H groups in total. The minimum atomic E-state index is -0.715. The van der Waals surface area contributed by atoms with Gasteiger partial charge in [0.25, 0.3) is 0 Å². The molecule has 16 heavy (non-hydrogen) atoms. The second-order valence-electron chi connectivity index (χ2n) is 4.19. The van der Waals surface area contributed by atoms with E-state index >= 15 is 0 Å². The summed E-state index contributed by atoms with van der Waals surface area (Å²) in [6.45, 7) is 5.77. The topological polar surface area (TPSA) is 46.9 Å². The highest BCUT2D eigenvalue weighted by atomic mass is 32.2. The van der Waals surface area contributed by atoms with Crippen molar-refractivity contribution in [3.8, 4) is 0 Å². The molecule has 1 heterocycles. The molecule has 92 valence electrons. The van der Waals surface area contributed by atoms with Crippen molar-refractivity contribution in [2.45, 2.75) is 32.1 Å². The Morgan fingerprint density at radius 1 is 1.62 bits per heavy atom. The van der Waals surface area contributed by atoms with E-state index in [0.717, 1.165) is 25.2 Å². The van der Waals surface area contributed by atoms with E-state index in [1.54, 1.807) is 6.26 Å². The Morgan fingerprint density at radius 2 is 2.31 bits per heavy atom. The van der Waals surface area contributed by atoms with Crippen molar-refractivity contribution < 1.29 is 4.21 Å². The van der Waals surface area contributed by atoms with Crippen LogP contribution in [0.2, 0.25) is 0 Å². The van der Waals surface area contributed by atoms with Gasteiger partial charge in [0, 0.05) is 47.7 Å². The van der Waals surface area contributed by atoms with E-state index in [1.165, 1.54) is 5.56 Å². The second-order valence-corrected chi connectivity index (χ2v) is 5.99. The summed E-state index contributed by atoms with van der Waals surface area (Å²) in [5, 5.41) is 7.90. The smallest absolute Gasteiger partial charge is 0.0638 e. The number of aromatic nitrogens is 2. The predicted octanol–water partition coefficient (Wildman–Crippen LogP) is 0.975. The molecule has 2 atom stereocenters. The quantitative estimate of drug-likeness (QED) is 0.758. The number of rotatable bonds is 6. The van der Waals surface area contributed by atoms with Crippen LogP contribution in [0.4, 0.5) is 0 Å². The van der Waals surface area contributed by atoms with Crippen LogP contribution in [0.3, 0.4) is 0 Å². The molecule has 0 aliphatic carbocycles. The molecule has 4 nitrogen and oxygen atoms in total. The summed E-state index contributed by atoms with van der Waals surface area (Å²) in [5.41, 5.74) is 2.30. The van der Waals surface area contributed by atoms with Gasteiger partial charge in [0.15, 0.2) is 0 Å². The number of hydrogen-bond donors (Lipinski definition) is 1. The molecule has 0 amide bonds. The lowest BCUT2D eigenvalue weighted by atomic mass is 10.2. The summed E-state index contributed by atoms with van der Waals surface area (Å²) in [6, 6.07) is 0. The fraction of sp³-hybridized carbons (Fsp3) is 0.727. The zero-order valence-corrected chi connectivity index (χ0v) is 11.3. The molecule has 0 saturated heterocycles. The van der Waals surface area contributed by atoms with E-state index in [0.29, 0.717) is 0 Å². The Morgan fingerprint density at radius 3 is 2.81 bits per heavy atom. The molecule has 5 heteroatoms. The van der Waals surface area contributed by atoms with E-state index in [2.05, 4.69) is 10.4 Å². The summed E-state index contributed by atoms with van der Waals surface area (Å²) >= 11 is 0. The minimum absolute atomic E-state index is 0.266. The van der Waals surface area contributed by atoms with Gasteiger partial charge in [-0.25, -0.2) is 0 Å². The lowest BCUT2D eigenvalue weighted by Gasteiger charge is -2.08. The highest BCUT2D eigenvalue weighted by Gasteiger charge is 2.06. The zero-order valence-electron chi connectivity index (χ0n) is 10.5. The van der Waals surface area contributed by atoms with Gasteiger partial charge < -0.3 is 5.32 Å². The van der Waals surface area contributed by atoms with Gasteiger partial charge in [-0.05, 0) is 19.9 Å². The van der Waals surface area contributed by atoms with E-state index in [1.807, 2.05) is 31.8 Å². The van der Waals surface area contributed by atoms with Crippen LogP contribution in [-0.4, -0.2) is 32.0 Å². The molecule has 0 aromatic carbocycles. The molecule has 0 saturated carbocycles. The summed E-state index contributed by atoms with van der Waals surface area (Å²) < 4.78 is 13.0. The number of aryl methyl sites for hydroxylation is 2. The molecule has 0 bridgehead atoms. The van der Waals surface area contributed by atoms with Gasteiger partial charge in [0.05, 0.1) is 5.69 Å². The Bertz CT molecular complexity index is 362. The Hall–Kier alpha value is -0.680. The maximum atomic E-state index is 11.1. The standard InChI is InChI=1S/C11H21N3OS/c1-9(16(4)15)5-6-12-7-11-8-14(3)13-10(11)2/h8-9,12H,5-7H2,1-4H3. The average Bonchev–Trinajstić information content (AvgIpc) is 2.51. The first-order valence-electron chi connectivity index (χ1n) is 5.52. The lowest BCUT2D eigenvalue weighted by Crippen LogP contribution is -2.21. The molecule has 1 aromatic rings. The van der Waals surface area contributed by atoms with E-state index in [4.69, 9.17) is 0 Å². The van der Waals surface area contributed by atoms with Crippen molar-refractivity contribution in [1.82, 2.24) is 15.1 Å².